The Balaban J connectivity index is 2.09. The highest BCUT2D eigenvalue weighted by molar-refractivity contribution is 7.99. The van der Waals surface area contributed by atoms with E-state index in [1.807, 2.05) is 17.8 Å². The Hall–Kier alpha value is -0.800. The maximum atomic E-state index is 11.0. The fourth-order valence-corrected chi connectivity index (χ4v) is 2.74. The molecule has 2 nitrogen and oxygen atoms in total. The largest absolute Gasteiger partial charge is 0.381 e. The van der Waals surface area contributed by atoms with Crippen LogP contribution in [0.4, 0.5) is 0 Å². The first-order chi connectivity index (χ1) is 8.72. The van der Waals surface area contributed by atoms with Gasteiger partial charge in [0, 0.05) is 18.4 Å². The first-order valence-corrected chi connectivity index (χ1v) is 7.41. The fraction of sp³-hybridized carbons (Fsp3) is 0.533. The van der Waals surface area contributed by atoms with E-state index in [9.17, 15) is 4.79 Å². The van der Waals surface area contributed by atoms with E-state index in [1.165, 1.54) is 4.90 Å². The van der Waals surface area contributed by atoms with Crippen LogP contribution in [-0.2, 0) is 9.53 Å². The van der Waals surface area contributed by atoms with Crippen molar-refractivity contribution in [3.8, 4) is 0 Å². The van der Waals surface area contributed by atoms with Crippen molar-refractivity contribution in [3.05, 3.63) is 30.3 Å². The monoisotopic (exact) mass is 266 g/mol. The molecule has 1 aromatic carbocycles. The zero-order valence-electron chi connectivity index (χ0n) is 11.2. The van der Waals surface area contributed by atoms with Gasteiger partial charge in [0.2, 0.25) is 0 Å². The van der Waals surface area contributed by atoms with Gasteiger partial charge in [-0.25, -0.2) is 0 Å². The molecule has 18 heavy (non-hydrogen) atoms. The minimum absolute atomic E-state index is 0.101. The predicted octanol–water partition coefficient (Wildman–Crippen LogP) is 3.94. The van der Waals surface area contributed by atoms with Crippen molar-refractivity contribution in [2.45, 2.75) is 43.6 Å². The molecule has 0 N–H and O–H groups in total. The number of unbranched alkanes of at least 4 members (excludes halogenated alkanes) is 1. The Morgan fingerprint density at radius 1 is 1.28 bits per heavy atom. The number of carbonyl (C=O) groups is 1. The van der Waals surface area contributed by atoms with Crippen LogP contribution >= 0.6 is 11.8 Å². The topological polar surface area (TPSA) is 26.3 Å². The molecular weight excluding hydrogens is 244 g/mol. The third-order valence-corrected chi connectivity index (χ3v) is 3.88. The van der Waals surface area contributed by atoms with Crippen LogP contribution in [-0.4, -0.2) is 24.7 Å². The van der Waals surface area contributed by atoms with Gasteiger partial charge in [0.05, 0.1) is 6.10 Å². The van der Waals surface area contributed by atoms with E-state index < -0.39 is 0 Å². The van der Waals surface area contributed by atoms with Crippen LogP contribution in [0.25, 0.3) is 0 Å². The SMILES string of the molecule is COC(CCCCSc1ccccc1)CC(C)=O. The van der Waals surface area contributed by atoms with Gasteiger partial charge < -0.3 is 4.74 Å². The second kappa shape index (κ2) is 9.17. The molecule has 0 spiro atoms. The number of carbonyl (C=O) groups excluding carboxylic acids is 1. The Morgan fingerprint density at radius 3 is 2.61 bits per heavy atom. The number of methoxy groups -OCH3 is 1. The highest BCUT2D eigenvalue weighted by atomic mass is 32.2. The predicted molar refractivity (Wildman–Crippen MR) is 77.1 cm³/mol. The molecule has 1 rings (SSSR count). The smallest absolute Gasteiger partial charge is 0.132 e. The molecule has 0 aromatic heterocycles. The zero-order chi connectivity index (χ0) is 13.2. The van der Waals surface area contributed by atoms with Crippen molar-refractivity contribution in [1.29, 1.82) is 0 Å². The quantitative estimate of drug-likeness (QED) is 0.500. The Kier molecular flexibility index (Phi) is 7.78. The summed E-state index contributed by atoms with van der Waals surface area (Å²) in [7, 11) is 1.69. The van der Waals surface area contributed by atoms with Crippen LogP contribution in [0.1, 0.15) is 32.6 Å². The molecule has 0 radical (unpaired) electrons. The number of hydrogen-bond acceptors (Lipinski definition) is 3. The fourth-order valence-electron chi connectivity index (χ4n) is 1.80. The molecule has 1 unspecified atom stereocenters. The van der Waals surface area contributed by atoms with Gasteiger partial charge >= 0.3 is 0 Å². The third-order valence-electron chi connectivity index (χ3n) is 2.78. The lowest BCUT2D eigenvalue weighted by molar-refractivity contribution is -0.119. The first-order valence-electron chi connectivity index (χ1n) is 6.42. The standard InChI is InChI=1S/C15H22O2S/c1-13(16)12-14(17-2)8-6-7-11-18-15-9-4-3-5-10-15/h3-5,9-10,14H,6-8,11-12H2,1-2H3. The maximum Gasteiger partial charge on any atom is 0.132 e. The molecule has 0 amide bonds. The second-order valence-corrected chi connectivity index (χ2v) is 5.59. The summed E-state index contributed by atoms with van der Waals surface area (Å²) in [5, 5.41) is 0. The molecule has 1 atom stereocenters. The van der Waals surface area contributed by atoms with Crippen molar-refractivity contribution in [3.63, 3.8) is 0 Å². The molecule has 0 aliphatic heterocycles. The maximum absolute atomic E-state index is 11.0. The molecule has 0 fully saturated rings. The summed E-state index contributed by atoms with van der Waals surface area (Å²) in [6.07, 6.45) is 3.90. The van der Waals surface area contributed by atoms with Crippen LogP contribution in [0, 0.1) is 0 Å². The highest BCUT2D eigenvalue weighted by Crippen LogP contribution is 2.19. The van der Waals surface area contributed by atoms with Gasteiger partial charge in [-0.05, 0) is 37.7 Å². The van der Waals surface area contributed by atoms with Crippen LogP contribution < -0.4 is 0 Å². The van der Waals surface area contributed by atoms with E-state index >= 15 is 0 Å². The Bertz CT molecular complexity index is 338. The highest BCUT2D eigenvalue weighted by Gasteiger charge is 2.09. The minimum Gasteiger partial charge on any atom is -0.381 e. The third kappa shape index (κ3) is 6.82. The molecule has 0 heterocycles. The van der Waals surface area contributed by atoms with E-state index in [1.54, 1.807) is 14.0 Å². The molecule has 0 aliphatic carbocycles. The van der Waals surface area contributed by atoms with Crippen molar-refractivity contribution in [2.75, 3.05) is 12.9 Å². The number of ether oxygens (including phenoxy) is 1. The summed E-state index contributed by atoms with van der Waals surface area (Å²) in [5.41, 5.74) is 0. The summed E-state index contributed by atoms with van der Waals surface area (Å²) in [6, 6.07) is 10.4. The van der Waals surface area contributed by atoms with Crippen LogP contribution in [0.2, 0.25) is 0 Å². The van der Waals surface area contributed by atoms with Crippen LogP contribution in [0.15, 0.2) is 35.2 Å². The van der Waals surface area contributed by atoms with E-state index in [2.05, 4.69) is 24.3 Å². The molecular formula is C15H22O2S. The average molecular weight is 266 g/mol. The van der Waals surface area contributed by atoms with Crippen molar-refractivity contribution < 1.29 is 9.53 Å². The average Bonchev–Trinajstić information content (AvgIpc) is 2.37. The molecule has 0 saturated heterocycles. The number of ketones is 1. The van der Waals surface area contributed by atoms with Crippen molar-refractivity contribution in [2.24, 2.45) is 0 Å². The van der Waals surface area contributed by atoms with E-state index in [-0.39, 0.29) is 11.9 Å². The van der Waals surface area contributed by atoms with E-state index in [0.29, 0.717) is 6.42 Å². The number of benzene rings is 1. The number of Topliss-reactive ketones (excluding diaryl/α,β-unsaturated/α-hetero) is 1. The lowest BCUT2D eigenvalue weighted by atomic mass is 10.1. The lowest BCUT2D eigenvalue weighted by Gasteiger charge is -2.13. The second-order valence-electron chi connectivity index (χ2n) is 4.42. The zero-order valence-corrected chi connectivity index (χ0v) is 12.0. The summed E-state index contributed by atoms with van der Waals surface area (Å²) in [6.45, 7) is 1.62. The van der Waals surface area contributed by atoms with Crippen molar-refractivity contribution >= 4 is 17.5 Å². The van der Waals surface area contributed by atoms with Gasteiger partial charge in [-0.3, -0.25) is 4.79 Å². The van der Waals surface area contributed by atoms with Crippen LogP contribution in [0.3, 0.4) is 0 Å². The van der Waals surface area contributed by atoms with Gasteiger partial charge in [0.25, 0.3) is 0 Å². The Morgan fingerprint density at radius 2 is 2.00 bits per heavy atom. The molecule has 0 saturated carbocycles. The van der Waals surface area contributed by atoms with E-state index in [0.717, 1.165) is 25.0 Å². The summed E-state index contributed by atoms with van der Waals surface area (Å²) in [4.78, 5) is 12.3. The number of hydrogen-bond donors (Lipinski definition) is 0. The molecule has 1 aromatic rings. The minimum atomic E-state index is 0.101. The van der Waals surface area contributed by atoms with Gasteiger partial charge in [-0.1, -0.05) is 24.6 Å². The molecule has 0 aliphatic rings. The van der Waals surface area contributed by atoms with E-state index in [4.69, 9.17) is 4.74 Å². The van der Waals surface area contributed by atoms with Gasteiger partial charge in [0.15, 0.2) is 0 Å². The Labute approximate surface area is 114 Å². The number of thioether (sulfide) groups is 1. The normalized spacial score (nSPS) is 12.3. The number of rotatable bonds is 9. The van der Waals surface area contributed by atoms with Gasteiger partial charge in [0.1, 0.15) is 5.78 Å². The van der Waals surface area contributed by atoms with Gasteiger partial charge in [-0.15, -0.1) is 11.8 Å². The lowest BCUT2D eigenvalue weighted by Crippen LogP contribution is -2.14. The molecule has 3 heteroatoms. The summed E-state index contributed by atoms with van der Waals surface area (Å²) in [5.74, 6) is 1.33. The summed E-state index contributed by atoms with van der Waals surface area (Å²) < 4.78 is 5.30. The van der Waals surface area contributed by atoms with Gasteiger partial charge in [-0.2, -0.15) is 0 Å². The molecule has 0 bridgehead atoms. The summed E-state index contributed by atoms with van der Waals surface area (Å²) >= 11 is 1.89. The van der Waals surface area contributed by atoms with Crippen LogP contribution in [0.5, 0.6) is 0 Å². The molecule has 100 valence electrons. The first kappa shape index (κ1) is 15.3. The van der Waals surface area contributed by atoms with Crippen molar-refractivity contribution in [1.82, 2.24) is 0 Å².